The lowest BCUT2D eigenvalue weighted by Gasteiger charge is -2.25. The molecule has 0 bridgehead atoms. The van der Waals surface area contributed by atoms with Gasteiger partial charge in [0.1, 0.15) is 0 Å². The first-order chi connectivity index (χ1) is 7.61. The van der Waals surface area contributed by atoms with Crippen LogP contribution in [0.2, 0.25) is 0 Å². The van der Waals surface area contributed by atoms with Crippen molar-refractivity contribution in [3.63, 3.8) is 0 Å². The summed E-state index contributed by atoms with van der Waals surface area (Å²) in [6.45, 7) is 10.6. The predicted molar refractivity (Wildman–Crippen MR) is 66.6 cm³/mol. The Morgan fingerprint density at radius 2 is 1.75 bits per heavy atom. The molecular formula is C13H28O3. The zero-order valence-electron chi connectivity index (χ0n) is 11.2. The maximum absolute atomic E-state index is 8.55. The lowest BCUT2D eigenvalue weighted by atomic mass is 9.94. The average Bonchev–Trinajstić information content (AvgIpc) is 2.25. The van der Waals surface area contributed by atoms with Crippen molar-refractivity contribution in [3.05, 3.63) is 0 Å². The lowest BCUT2D eigenvalue weighted by molar-refractivity contribution is -0.0316. The highest BCUT2D eigenvalue weighted by molar-refractivity contribution is 4.67. The van der Waals surface area contributed by atoms with Crippen LogP contribution in [0.5, 0.6) is 0 Å². The highest BCUT2D eigenvalue weighted by Gasteiger charge is 2.17. The second-order valence-corrected chi connectivity index (χ2v) is 4.76. The Labute approximate surface area is 100 Å². The zero-order chi connectivity index (χ0) is 12.4. The van der Waals surface area contributed by atoms with Gasteiger partial charge in [-0.25, -0.2) is 0 Å². The molecule has 0 aliphatic carbocycles. The van der Waals surface area contributed by atoms with E-state index < -0.39 is 0 Å². The van der Waals surface area contributed by atoms with Crippen LogP contribution in [0.4, 0.5) is 0 Å². The van der Waals surface area contributed by atoms with E-state index >= 15 is 0 Å². The molecule has 1 N–H and O–H groups in total. The van der Waals surface area contributed by atoms with E-state index in [1.807, 2.05) is 0 Å². The van der Waals surface area contributed by atoms with Crippen LogP contribution < -0.4 is 0 Å². The molecular weight excluding hydrogens is 204 g/mol. The summed E-state index contributed by atoms with van der Waals surface area (Å²) in [6.07, 6.45) is 2.59. The van der Waals surface area contributed by atoms with Gasteiger partial charge in [-0.3, -0.25) is 0 Å². The first-order valence-corrected chi connectivity index (χ1v) is 6.42. The van der Waals surface area contributed by atoms with E-state index in [1.165, 1.54) is 0 Å². The molecule has 0 saturated heterocycles. The van der Waals surface area contributed by atoms with E-state index in [4.69, 9.17) is 14.6 Å². The van der Waals surface area contributed by atoms with Gasteiger partial charge in [-0.15, -0.1) is 0 Å². The maximum Gasteiger partial charge on any atom is 0.0704 e. The highest BCUT2D eigenvalue weighted by Crippen LogP contribution is 2.19. The van der Waals surface area contributed by atoms with Crippen molar-refractivity contribution in [2.24, 2.45) is 11.8 Å². The summed E-state index contributed by atoms with van der Waals surface area (Å²) < 4.78 is 11.0. The molecule has 3 nitrogen and oxygen atoms in total. The second kappa shape index (κ2) is 10.1. The Kier molecular flexibility index (Phi) is 9.99. The first kappa shape index (κ1) is 15.9. The molecule has 0 heterocycles. The Morgan fingerprint density at radius 3 is 2.25 bits per heavy atom. The summed E-state index contributed by atoms with van der Waals surface area (Å²) in [7, 11) is 0. The normalized spacial score (nSPS) is 15.4. The van der Waals surface area contributed by atoms with E-state index in [0.717, 1.165) is 12.8 Å². The zero-order valence-corrected chi connectivity index (χ0v) is 11.2. The van der Waals surface area contributed by atoms with Gasteiger partial charge in [0.15, 0.2) is 0 Å². The highest BCUT2D eigenvalue weighted by atomic mass is 16.5. The average molecular weight is 232 g/mol. The minimum Gasteiger partial charge on any atom is -0.394 e. The smallest absolute Gasteiger partial charge is 0.0704 e. The standard InChI is InChI=1S/C13H28O3/c1-5-12(4)13(10-11(2)3)16-9-8-15-7-6-14/h11-14H,5-10H2,1-4H3. The summed E-state index contributed by atoms with van der Waals surface area (Å²) in [5.74, 6) is 1.26. The molecule has 0 aromatic rings. The largest absolute Gasteiger partial charge is 0.394 e. The van der Waals surface area contributed by atoms with E-state index in [-0.39, 0.29) is 6.61 Å². The minimum atomic E-state index is 0.0841. The van der Waals surface area contributed by atoms with Gasteiger partial charge in [-0.05, 0) is 18.3 Å². The van der Waals surface area contributed by atoms with Gasteiger partial charge >= 0.3 is 0 Å². The second-order valence-electron chi connectivity index (χ2n) is 4.76. The molecule has 16 heavy (non-hydrogen) atoms. The summed E-state index contributed by atoms with van der Waals surface area (Å²) in [5, 5.41) is 8.55. The van der Waals surface area contributed by atoms with Gasteiger partial charge in [0, 0.05) is 0 Å². The van der Waals surface area contributed by atoms with Crippen LogP contribution in [0.3, 0.4) is 0 Å². The molecule has 0 amide bonds. The van der Waals surface area contributed by atoms with Crippen molar-refractivity contribution in [2.45, 2.75) is 46.6 Å². The summed E-state index contributed by atoms with van der Waals surface area (Å²) >= 11 is 0. The van der Waals surface area contributed by atoms with Crippen LogP contribution in [0, 0.1) is 11.8 Å². The van der Waals surface area contributed by atoms with Gasteiger partial charge < -0.3 is 14.6 Å². The minimum absolute atomic E-state index is 0.0841. The number of aliphatic hydroxyl groups excluding tert-OH is 1. The molecule has 0 aliphatic rings. The number of aliphatic hydroxyl groups is 1. The number of rotatable bonds is 10. The lowest BCUT2D eigenvalue weighted by Crippen LogP contribution is -2.25. The molecule has 98 valence electrons. The fraction of sp³-hybridized carbons (Fsp3) is 1.00. The van der Waals surface area contributed by atoms with E-state index in [2.05, 4.69) is 27.7 Å². The van der Waals surface area contributed by atoms with Crippen molar-refractivity contribution in [1.29, 1.82) is 0 Å². The molecule has 0 radical (unpaired) electrons. The van der Waals surface area contributed by atoms with Crippen molar-refractivity contribution in [2.75, 3.05) is 26.4 Å². The number of ether oxygens (including phenoxy) is 2. The number of hydrogen-bond acceptors (Lipinski definition) is 3. The van der Waals surface area contributed by atoms with E-state index in [1.54, 1.807) is 0 Å². The predicted octanol–water partition coefficient (Wildman–Crippen LogP) is 2.47. The SMILES string of the molecule is CCC(C)C(CC(C)C)OCCOCCO. The maximum atomic E-state index is 8.55. The van der Waals surface area contributed by atoms with Crippen LogP contribution in [0.15, 0.2) is 0 Å². The third-order valence-electron chi connectivity index (χ3n) is 2.78. The van der Waals surface area contributed by atoms with Gasteiger partial charge in [0.25, 0.3) is 0 Å². The van der Waals surface area contributed by atoms with Crippen molar-refractivity contribution >= 4 is 0 Å². The molecule has 0 aliphatic heterocycles. The number of hydrogen-bond donors (Lipinski definition) is 1. The van der Waals surface area contributed by atoms with E-state index in [0.29, 0.717) is 37.8 Å². The van der Waals surface area contributed by atoms with Crippen LogP contribution in [0.1, 0.15) is 40.5 Å². The van der Waals surface area contributed by atoms with Crippen LogP contribution in [0.25, 0.3) is 0 Å². The molecule has 0 spiro atoms. The molecule has 0 rings (SSSR count). The van der Waals surface area contributed by atoms with E-state index in [9.17, 15) is 0 Å². The van der Waals surface area contributed by atoms with Crippen LogP contribution >= 0.6 is 0 Å². The third kappa shape index (κ3) is 8.08. The van der Waals surface area contributed by atoms with Gasteiger partial charge in [0.05, 0.1) is 32.5 Å². The van der Waals surface area contributed by atoms with Gasteiger partial charge in [0.2, 0.25) is 0 Å². The molecule has 0 aromatic heterocycles. The summed E-state index contributed by atoms with van der Waals surface area (Å²) in [6, 6.07) is 0. The van der Waals surface area contributed by atoms with Gasteiger partial charge in [-0.2, -0.15) is 0 Å². The Balaban J connectivity index is 3.74. The third-order valence-corrected chi connectivity index (χ3v) is 2.78. The quantitative estimate of drug-likeness (QED) is 0.588. The fourth-order valence-electron chi connectivity index (χ4n) is 1.62. The Hall–Kier alpha value is -0.120. The van der Waals surface area contributed by atoms with Crippen LogP contribution in [-0.2, 0) is 9.47 Å². The molecule has 2 atom stereocenters. The summed E-state index contributed by atoms with van der Waals surface area (Å²) in [4.78, 5) is 0. The molecule has 0 aromatic carbocycles. The van der Waals surface area contributed by atoms with Crippen molar-refractivity contribution in [1.82, 2.24) is 0 Å². The topological polar surface area (TPSA) is 38.7 Å². The first-order valence-electron chi connectivity index (χ1n) is 6.42. The Morgan fingerprint density at radius 1 is 1.06 bits per heavy atom. The molecule has 0 saturated carbocycles. The van der Waals surface area contributed by atoms with Crippen molar-refractivity contribution in [3.8, 4) is 0 Å². The summed E-state index contributed by atoms with van der Waals surface area (Å²) in [5.41, 5.74) is 0. The van der Waals surface area contributed by atoms with Crippen LogP contribution in [-0.4, -0.2) is 37.6 Å². The van der Waals surface area contributed by atoms with Crippen molar-refractivity contribution < 1.29 is 14.6 Å². The Bertz CT molecular complexity index is 148. The molecule has 0 fully saturated rings. The molecule has 2 unspecified atom stereocenters. The monoisotopic (exact) mass is 232 g/mol. The molecule has 3 heteroatoms. The van der Waals surface area contributed by atoms with Gasteiger partial charge in [-0.1, -0.05) is 34.1 Å². The fourth-order valence-corrected chi connectivity index (χ4v) is 1.62.